The van der Waals surface area contributed by atoms with Crippen LogP contribution in [0, 0.1) is 6.92 Å². The maximum absolute atomic E-state index is 10.0. The van der Waals surface area contributed by atoms with Crippen molar-refractivity contribution in [1.82, 2.24) is 5.32 Å². The van der Waals surface area contributed by atoms with Gasteiger partial charge < -0.3 is 15.5 Å². The fraction of sp³-hybridized carbons (Fsp3) is 0.714. The molecule has 0 spiro atoms. The van der Waals surface area contributed by atoms with Crippen molar-refractivity contribution in [3.8, 4) is 0 Å². The zero-order valence-electron chi connectivity index (χ0n) is 6.42. The van der Waals surface area contributed by atoms with Gasteiger partial charge in [-0.05, 0) is 19.9 Å². The molecule has 1 unspecified atom stereocenters. The third-order valence-corrected chi connectivity index (χ3v) is 1.12. The SMILES string of the molecule is [CH2]C(O)CNCCCC(=O)O. The molecule has 0 aliphatic heterocycles. The van der Waals surface area contributed by atoms with E-state index in [0.717, 1.165) is 0 Å². The predicted molar refractivity (Wildman–Crippen MR) is 41.1 cm³/mol. The highest BCUT2D eigenvalue weighted by Gasteiger charge is 1.96. The zero-order chi connectivity index (χ0) is 8.69. The molecule has 3 N–H and O–H groups in total. The van der Waals surface area contributed by atoms with Crippen LogP contribution in [0.5, 0.6) is 0 Å². The van der Waals surface area contributed by atoms with E-state index < -0.39 is 12.1 Å². The Morgan fingerprint density at radius 1 is 1.64 bits per heavy atom. The number of rotatable bonds is 6. The van der Waals surface area contributed by atoms with E-state index in [1.807, 2.05) is 0 Å². The van der Waals surface area contributed by atoms with Crippen molar-refractivity contribution >= 4 is 5.97 Å². The summed E-state index contributed by atoms with van der Waals surface area (Å²) in [7, 11) is 0. The summed E-state index contributed by atoms with van der Waals surface area (Å²) in [5.74, 6) is -0.790. The van der Waals surface area contributed by atoms with Crippen LogP contribution in [0.3, 0.4) is 0 Å². The number of nitrogens with one attached hydrogen (secondary N) is 1. The van der Waals surface area contributed by atoms with Gasteiger partial charge in [0.15, 0.2) is 0 Å². The van der Waals surface area contributed by atoms with Crippen molar-refractivity contribution in [1.29, 1.82) is 0 Å². The number of aliphatic hydroxyl groups excluding tert-OH is 1. The van der Waals surface area contributed by atoms with Gasteiger partial charge in [0.2, 0.25) is 0 Å². The van der Waals surface area contributed by atoms with Crippen molar-refractivity contribution in [2.75, 3.05) is 13.1 Å². The maximum Gasteiger partial charge on any atom is 0.303 e. The van der Waals surface area contributed by atoms with Gasteiger partial charge in [-0.1, -0.05) is 0 Å². The van der Waals surface area contributed by atoms with Crippen molar-refractivity contribution in [2.45, 2.75) is 18.9 Å². The Bertz CT molecular complexity index is 114. The zero-order valence-corrected chi connectivity index (χ0v) is 6.42. The molecule has 0 saturated carbocycles. The number of aliphatic hydroxyl groups is 1. The lowest BCUT2D eigenvalue weighted by Crippen LogP contribution is -2.25. The molecule has 11 heavy (non-hydrogen) atoms. The highest BCUT2D eigenvalue weighted by Crippen LogP contribution is 1.85. The monoisotopic (exact) mass is 160 g/mol. The van der Waals surface area contributed by atoms with Gasteiger partial charge in [0.25, 0.3) is 0 Å². The molecular formula is C7H14NO3. The molecule has 0 rings (SSSR count). The second-order valence-corrected chi connectivity index (χ2v) is 2.36. The molecule has 0 aromatic heterocycles. The average Bonchev–Trinajstić information content (AvgIpc) is 1.85. The summed E-state index contributed by atoms with van der Waals surface area (Å²) in [5.41, 5.74) is 0. The topological polar surface area (TPSA) is 69.6 Å². The maximum atomic E-state index is 10.0. The fourth-order valence-corrected chi connectivity index (χ4v) is 0.633. The smallest absolute Gasteiger partial charge is 0.303 e. The second kappa shape index (κ2) is 6.12. The van der Waals surface area contributed by atoms with E-state index in [1.165, 1.54) is 0 Å². The number of carboxylic acids is 1. The molecule has 0 aliphatic rings. The fourth-order valence-electron chi connectivity index (χ4n) is 0.633. The van der Waals surface area contributed by atoms with E-state index in [1.54, 1.807) is 0 Å². The van der Waals surface area contributed by atoms with Crippen LogP contribution in [-0.2, 0) is 4.79 Å². The summed E-state index contributed by atoms with van der Waals surface area (Å²) in [6.45, 7) is 4.37. The largest absolute Gasteiger partial charge is 0.481 e. The van der Waals surface area contributed by atoms with E-state index in [4.69, 9.17) is 10.2 Å². The number of carboxylic acid groups (broad SMARTS) is 1. The highest BCUT2D eigenvalue weighted by molar-refractivity contribution is 5.66. The Labute approximate surface area is 66.2 Å². The minimum Gasteiger partial charge on any atom is -0.481 e. The standard InChI is InChI=1S/C7H14NO3/c1-6(9)5-8-4-2-3-7(10)11/h6,8-9H,1-5H2,(H,10,11). The number of carbonyl (C=O) groups is 1. The Balaban J connectivity index is 2.97. The molecule has 0 aliphatic carbocycles. The van der Waals surface area contributed by atoms with Gasteiger partial charge in [0, 0.05) is 13.0 Å². The third kappa shape index (κ3) is 9.39. The minimum absolute atomic E-state index is 0.167. The molecule has 0 bridgehead atoms. The molecule has 0 aromatic carbocycles. The molecule has 4 heteroatoms. The van der Waals surface area contributed by atoms with Crippen LogP contribution in [0.15, 0.2) is 0 Å². The van der Waals surface area contributed by atoms with Crippen LogP contribution in [-0.4, -0.2) is 35.4 Å². The summed E-state index contributed by atoms with van der Waals surface area (Å²) < 4.78 is 0. The predicted octanol–water partition coefficient (Wildman–Crippen LogP) is -0.364. The molecular weight excluding hydrogens is 146 g/mol. The first-order chi connectivity index (χ1) is 5.13. The lowest BCUT2D eigenvalue weighted by atomic mass is 10.3. The summed E-state index contributed by atoms with van der Waals surface area (Å²) >= 11 is 0. The van der Waals surface area contributed by atoms with Gasteiger partial charge in [-0.15, -0.1) is 0 Å². The number of aliphatic carboxylic acids is 1. The molecule has 0 fully saturated rings. The molecule has 0 amide bonds. The average molecular weight is 160 g/mol. The van der Waals surface area contributed by atoms with Gasteiger partial charge in [-0.25, -0.2) is 0 Å². The van der Waals surface area contributed by atoms with E-state index in [9.17, 15) is 4.79 Å². The molecule has 0 saturated heterocycles. The number of hydrogen-bond donors (Lipinski definition) is 3. The quantitative estimate of drug-likeness (QED) is 0.464. The Morgan fingerprint density at radius 3 is 2.73 bits per heavy atom. The van der Waals surface area contributed by atoms with Gasteiger partial charge in [-0.2, -0.15) is 0 Å². The molecule has 1 radical (unpaired) electrons. The third-order valence-electron chi connectivity index (χ3n) is 1.12. The van der Waals surface area contributed by atoms with Gasteiger partial charge >= 0.3 is 5.97 Å². The Hall–Kier alpha value is -0.610. The summed E-state index contributed by atoms with van der Waals surface area (Å²) in [4.78, 5) is 10.0. The van der Waals surface area contributed by atoms with E-state index in [2.05, 4.69) is 12.2 Å². The highest BCUT2D eigenvalue weighted by atomic mass is 16.4. The second-order valence-electron chi connectivity index (χ2n) is 2.36. The number of hydrogen-bond acceptors (Lipinski definition) is 3. The van der Waals surface area contributed by atoms with Crippen LogP contribution in [0.4, 0.5) is 0 Å². The van der Waals surface area contributed by atoms with Gasteiger partial charge in [-0.3, -0.25) is 4.79 Å². The van der Waals surface area contributed by atoms with Gasteiger partial charge in [0.05, 0.1) is 6.10 Å². The first kappa shape index (κ1) is 10.4. The normalized spacial score (nSPS) is 12.9. The van der Waals surface area contributed by atoms with Gasteiger partial charge in [0.1, 0.15) is 0 Å². The van der Waals surface area contributed by atoms with E-state index >= 15 is 0 Å². The molecule has 65 valence electrons. The molecule has 1 atom stereocenters. The summed E-state index contributed by atoms with van der Waals surface area (Å²) in [6, 6.07) is 0. The summed E-state index contributed by atoms with van der Waals surface area (Å²) in [6.07, 6.45) is 0.141. The van der Waals surface area contributed by atoms with E-state index in [0.29, 0.717) is 19.5 Å². The molecule has 0 heterocycles. The van der Waals surface area contributed by atoms with Crippen LogP contribution in [0.1, 0.15) is 12.8 Å². The first-order valence-corrected chi connectivity index (χ1v) is 3.56. The van der Waals surface area contributed by atoms with Crippen molar-refractivity contribution in [2.24, 2.45) is 0 Å². The summed E-state index contributed by atoms with van der Waals surface area (Å²) in [5, 5.41) is 19.8. The van der Waals surface area contributed by atoms with Crippen molar-refractivity contribution in [3.63, 3.8) is 0 Å². The lowest BCUT2D eigenvalue weighted by Gasteiger charge is -2.04. The van der Waals surface area contributed by atoms with E-state index in [-0.39, 0.29) is 6.42 Å². The molecule has 4 nitrogen and oxygen atoms in total. The van der Waals surface area contributed by atoms with Crippen LogP contribution >= 0.6 is 0 Å². The van der Waals surface area contributed by atoms with Crippen molar-refractivity contribution < 1.29 is 15.0 Å². The van der Waals surface area contributed by atoms with Crippen LogP contribution in [0.25, 0.3) is 0 Å². The van der Waals surface area contributed by atoms with Crippen LogP contribution in [0.2, 0.25) is 0 Å². The Kier molecular flexibility index (Phi) is 5.78. The minimum atomic E-state index is -0.790. The lowest BCUT2D eigenvalue weighted by molar-refractivity contribution is -0.137. The first-order valence-electron chi connectivity index (χ1n) is 3.56. The van der Waals surface area contributed by atoms with Crippen molar-refractivity contribution in [3.05, 3.63) is 6.92 Å². The van der Waals surface area contributed by atoms with Crippen LogP contribution < -0.4 is 5.32 Å². The molecule has 0 aromatic rings. The Morgan fingerprint density at radius 2 is 2.27 bits per heavy atom.